The Hall–Kier alpha value is -1.10. The number of carboxylic acid groups (broad SMARTS) is 1. The minimum atomic E-state index is -0.840. The molecule has 2 rings (SSSR count). The van der Waals surface area contributed by atoms with Crippen LogP contribution in [-0.2, 0) is 14.3 Å². The molecule has 0 aromatic heterocycles. The number of carbonyl (C=O) groups is 2. The zero-order valence-corrected chi connectivity index (χ0v) is 10.7. The van der Waals surface area contributed by atoms with E-state index in [2.05, 4.69) is 5.32 Å². The third-order valence-corrected chi connectivity index (χ3v) is 4.00. The lowest BCUT2D eigenvalue weighted by atomic mass is 9.94. The predicted octanol–water partition coefficient (Wildman–Crippen LogP) is 1.17. The quantitative estimate of drug-likeness (QED) is 0.793. The summed E-state index contributed by atoms with van der Waals surface area (Å²) in [7, 11) is 0. The van der Waals surface area contributed by atoms with Crippen LogP contribution in [0.2, 0.25) is 0 Å². The first-order valence-corrected chi connectivity index (χ1v) is 6.72. The highest BCUT2D eigenvalue weighted by Gasteiger charge is 2.38. The van der Waals surface area contributed by atoms with Gasteiger partial charge >= 0.3 is 5.97 Å². The molecule has 1 aliphatic heterocycles. The molecule has 5 nitrogen and oxygen atoms in total. The molecule has 1 saturated carbocycles. The molecule has 0 bridgehead atoms. The summed E-state index contributed by atoms with van der Waals surface area (Å²) in [5.74, 6) is -1.77. The van der Waals surface area contributed by atoms with E-state index in [4.69, 9.17) is 9.84 Å². The van der Waals surface area contributed by atoms with Gasteiger partial charge in [0.15, 0.2) is 0 Å². The molecule has 1 saturated heterocycles. The topological polar surface area (TPSA) is 75.6 Å². The minimum Gasteiger partial charge on any atom is -0.481 e. The fourth-order valence-corrected chi connectivity index (χ4v) is 3.01. The first-order chi connectivity index (χ1) is 8.58. The highest BCUT2D eigenvalue weighted by Crippen LogP contribution is 2.32. The van der Waals surface area contributed by atoms with Gasteiger partial charge in [-0.2, -0.15) is 0 Å². The Labute approximate surface area is 107 Å². The summed E-state index contributed by atoms with van der Waals surface area (Å²) in [5, 5.41) is 12.1. The van der Waals surface area contributed by atoms with Crippen LogP contribution in [0.3, 0.4) is 0 Å². The van der Waals surface area contributed by atoms with Gasteiger partial charge in [0, 0.05) is 12.6 Å². The van der Waals surface area contributed by atoms with Gasteiger partial charge in [0.2, 0.25) is 5.91 Å². The lowest BCUT2D eigenvalue weighted by molar-refractivity contribution is -0.146. The Balaban J connectivity index is 1.89. The van der Waals surface area contributed by atoms with Crippen LogP contribution in [-0.4, -0.2) is 35.7 Å². The van der Waals surface area contributed by atoms with Crippen LogP contribution in [0, 0.1) is 11.8 Å². The fraction of sp³-hybridized carbons (Fsp3) is 0.846. The summed E-state index contributed by atoms with van der Waals surface area (Å²) < 4.78 is 5.43. The zero-order valence-electron chi connectivity index (χ0n) is 10.7. The van der Waals surface area contributed by atoms with Gasteiger partial charge in [0.05, 0.1) is 17.9 Å². The molecule has 0 spiro atoms. The number of carboxylic acids is 1. The third-order valence-electron chi connectivity index (χ3n) is 4.00. The number of carbonyl (C=O) groups excluding carboxylic acids is 1. The van der Waals surface area contributed by atoms with E-state index in [0.29, 0.717) is 19.4 Å². The lowest BCUT2D eigenvalue weighted by Crippen LogP contribution is -2.45. The Kier molecular flexibility index (Phi) is 4.22. The summed E-state index contributed by atoms with van der Waals surface area (Å²) in [6.07, 6.45) is 3.96. The SMILES string of the molecule is CC1CC(NC(=O)[C@@H]2CCC[C@@H]2C(=O)O)CCO1. The van der Waals surface area contributed by atoms with Crippen LogP contribution in [0.15, 0.2) is 0 Å². The smallest absolute Gasteiger partial charge is 0.307 e. The maximum Gasteiger partial charge on any atom is 0.307 e. The second-order valence-electron chi connectivity index (χ2n) is 5.39. The molecule has 5 heteroatoms. The van der Waals surface area contributed by atoms with Crippen molar-refractivity contribution in [2.24, 2.45) is 11.8 Å². The van der Waals surface area contributed by atoms with Crippen LogP contribution in [0.1, 0.15) is 39.0 Å². The molecule has 2 unspecified atom stereocenters. The first-order valence-electron chi connectivity index (χ1n) is 6.72. The van der Waals surface area contributed by atoms with Crippen LogP contribution in [0.4, 0.5) is 0 Å². The Morgan fingerprint density at radius 3 is 2.61 bits per heavy atom. The number of ether oxygens (including phenoxy) is 1. The van der Waals surface area contributed by atoms with E-state index in [1.54, 1.807) is 0 Å². The number of rotatable bonds is 3. The van der Waals surface area contributed by atoms with E-state index in [-0.39, 0.29) is 24.0 Å². The standard InChI is InChI=1S/C13H21NO4/c1-8-7-9(5-6-18-8)14-12(15)10-3-2-4-11(10)13(16)17/h8-11H,2-7H2,1H3,(H,14,15)(H,16,17)/t8?,9?,10-,11+/m1/s1. The van der Waals surface area contributed by atoms with Gasteiger partial charge in [0.1, 0.15) is 0 Å². The van der Waals surface area contributed by atoms with Crippen LogP contribution >= 0.6 is 0 Å². The van der Waals surface area contributed by atoms with Crippen molar-refractivity contribution in [1.82, 2.24) is 5.32 Å². The van der Waals surface area contributed by atoms with Gasteiger partial charge in [-0.25, -0.2) is 0 Å². The molecule has 1 amide bonds. The lowest BCUT2D eigenvalue weighted by Gasteiger charge is -2.29. The second kappa shape index (κ2) is 5.69. The second-order valence-corrected chi connectivity index (χ2v) is 5.39. The van der Waals surface area contributed by atoms with E-state index in [1.165, 1.54) is 0 Å². The number of aliphatic carboxylic acids is 1. The van der Waals surface area contributed by atoms with Gasteiger partial charge < -0.3 is 15.2 Å². The molecule has 0 radical (unpaired) electrons. The number of nitrogens with one attached hydrogen (secondary N) is 1. The van der Waals surface area contributed by atoms with Crippen molar-refractivity contribution in [3.63, 3.8) is 0 Å². The van der Waals surface area contributed by atoms with E-state index in [1.807, 2.05) is 6.92 Å². The Morgan fingerprint density at radius 1 is 1.22 bits per heavy atom. The van der Waals surface area contributed by atoms with Gasteiger partial charge in [-0.05, 0) is 32.6 Å². The minimum absolute atomic E-state index is 0.0843. The normalized spacial score (nSPS) is 36.3. The molecule has 2 fully saturated rings. The molecule has 1 aliphatic carbocycles. The van der Waals surface area contributed by atoms with E-state index in [9.17, 15) is 9.59 Å². The fourth-order valence-electron chi connectivity index (χ4n) is 3.01. The summed E-state index contributed by atoms with van der Waals surface area (Å²) >= 11 is 0. The van der Waals surface area contributed by atoms with Crippen LogP contribution in [0.5, 0.6) is 0 Å². The van der Waals surface area contributed by atoms with E-state index >= 15 is 0 Å². The largest absolute Gasteiger partial charge is 0.481 e. The van der Waals surface area contributed by atoms with Crippen LogP contribution in [0.25, 0.3) is 0 Å². The van der Waals surface area contributed by atoms with E-state index in [0.717, 1.165) is 19.3 Å². The number of amides is 1. The molecular weight excluding hydrogens is 234 g/mol. The maximum absolute atomic E-state index is 12.1. The van der Waals surface area contributed by atoms with Crippen molar-refractivity contribution in [3.05, 3.63) is 0 Å². The monoisotopic (exact) mass is 255 g/mol. The zero-order chi connectivity index (χ0) is 13.1. The van der Waals surface area contributed by atoms with Crippen LogP contribution < -0.4 is 5.32 Å². The third kappa shape index (κ3) is 3.02. The number of hydrogen-bond acceptors (Lipinski definition) is 3. The number of hydrogen-bond donors (Lipinski definition) is 2. The molecule has 2 N–H and O–H groups in total. The highest BCUT2D eigenvalue weighted by atomic mass is 16.5. The van der Waals surface area contributed by atoms with Gasteiger partial charge in [-0.3, -0.25) is 9.59 Å². The maximum atomic E-state index is 12.1. The van der Waals surface area contributed by atoms with Gasteiger partial charge in [0.25, 0.3) is 0 Å². The van der Waals surface area contributed by atoms with Crippen molar-refractivity contribution in [3.8, 4) is 0 Å². The van der Waals surface area contributed by atoms with Gasteiger partial charge in [-0.1, -0.05) is 6.42 Å². The molecular formula is C13H21NO4. The average molecular weight is 255 g/mol. The van der Waals surface area contributed by atoms with Gasteiger partial charge in [-0.15, -0.1) is 0 Å². The van der Waals surface area contributed by atoms with E-state index < -0.39 is 11.9 Å². The molecule has 2 aliphatic rings. The van der Waals surface area contributed by atoms with Crippen molar-refractivity contribution >= 4 is 11.9 Å². The molecule has 0 aromatic rings. The first kappa shape index (κ1) is 13.3. The highest BCUT2D eigenvalue weighted by molar-refractivity contribution is 5.85. The van der Waals surface area contributed by atoms with Crippen molar-refractivity contribution in [1.29, 1.82) is 0 Å². The van der Waals surface area contributed by atoms with Crippen molar-refractivity contribution in [2.75, 3.05) is 6.61 Å². The van der Waals surface area contributed by atoms with Crippen molar-refractivity contribution < 1.29 is 19.4 Å². The average Bonchev–Trinajstić information content (AvgIpc) is 2.77. The summed E-state index contributed by atoms with van der Waals surface area (Å²) in [4.78, 5) is 23.2. The Bertz CT molecular complexity index is 331. The van der Waals surface area contributed by atoms with Crippen molar-refractivity contribution in [2.45, 2.75) is 51.2 Å². The summed E-state index contributed by atoms with van der Waals surface area (Å²) in [6, 6.07) is 0.135. The molecule has 1 heterocycles. The summed E-state index contributed by atoms with van der Waals surface area (Å²) in [5.41, 5.74) is 0. The molecule has 102 valence electrons. The predicted molar refractivity (Wildman–Crippen MR) is 65.0 cm³/mol. The molecule has 4 atom stereocenters. The summed E-state index contributed by atoms with van der Waals surface area (Å²) in [6.45, 7) is 2.66. The Morgan fingerprint density at radius 2 is 1.94 bits per heavy atom. The molecule has 18 heavy (non-hydrogen) atoms. The molecule has 0 aromatic carbocycles.